The first kappa shape index (κ1) is 22.0. The molecule has 0 bridgehead atoms. The highest BCUT2D eigenvalue weighted by atomic mass is 79.9. The third-order valence-electron chi connectivity index (χ3n) is 4.37. The molecule has 0 aliphatic rings. The van der Waals surface area contributed by atoms with Gasteiger partial charge in [-0.25, -0.2) is 0 Å². The van der Waals surface area contributed by atoms with Crippen LogP contribution in [0.15, 0.2) is 53.0 Å². The Hall–Kier alpha value is -2.34. The van der Waals surface area contributed by atoms with Gasteiger partial charge in [-0.15, -0.1) is 0 Å². The highest BCUT2D eigenvalue weighted by Gasteiger charge is 2.26. The first-order chi connectivity index (χ1) is 13.4. The Balaban J connectivity index is 2.10. The van der Waals surface area contributed by atoms with Crippen molar-refractivity contribution in [2.24, 2.45) is 0 Å². The van der Waals surface area contributed by atoms with Crippen molar-refractivity contribution in [2.45, 2.75) is 39.8 Å². The normalized spacial score (nSPS) is 11.6. The van der Waals surface area contributed by atoms with E-state index in [-0.39, 0.29) is 18.4 Å². The number of nitrogens with one attached hydrogen (secondary N) is 1. The van der Waals surface area contributed by atoms with Crippen LogP contribution in [0.25, 0.3) is 0 Å². The first-order valence-corrected chi connectivity index (χ1v) is 10.2. The Morgan fingerprint density at radius 2 is 1.75 bits per heavy atom. The quantitative estimate of drug-likeness (QED) is 0.630. The fourth-order valence-corrected chi connectivity index (χ4v) is 2.89. The minimum absolute atomic E-state index is 0.120. The summed E-state index contributed by atoms with van der Waals surface area (Å²) in [6, 6.07) is 14.6. The molecule has 0 spiro atoms. The maximum atomic E-state index is 12.9. The smallest absolute Gasteiger partial charge is 0.261 e. The van der Waals surface area contributed by atoms with Crippen LogP contribution in [0, 0.1) is 6.92 Å². The van der Waals surface area contributed by atoms with Gasteiger partial charge in [0.25, 0.3) is 5.91 Å². The molecule has 0 fully saturated rings. The minimum Gasteiger partial charge on any atom is -0.484 e. The molecule has 0 saturated carbocycles. The molecule has 28 heavy (non-hydrogen) atoms. The number of hydrogen-bond acceptors (Lipinski definition) is 3. The molecule has 0 aliphatic carbocycles. The summed E-state index contributed by atoms with van der Waals surface area (Å²) in [6.45, 7) is 6.53. The van der Waals surface area contributed by atoms with E-state index in [1.807, 2.05) is 62.4 Å². The Morgan fingerprint density at radius 3 is 2.36 bits per heavy atom. The lowest BCUT2D eigenvalue weighted by molar-refractivity contribution is -0.142. The predicted molar refractivity (Wildman–Crippen MR) is 114 cm³/mol. The highest BCUT2D eigenvalue weighted by molar-refractivity contribution is 9.10. The van der Waals surface area contributed by atoms with Crippen molar-refractivity contribution in [1.82, 2.24) is 10.2 Å². The number of carbonyl (C=O) groups excluding carboxylic acids is 2. The van der Waals surface area contributed by atoms with E-state index in [0.29, 0.717) is 18.8 Å². The highest BCUT2D eigenvalue weighted by Crippen LogP contribution is 2.16. The second-order valence-electron chi connectivity index (χ2n) is 6.72. The molecule has 2 aromatic carbocycles. The van der Waals surface area contributed by atoms with Gasteiger partial charge < -0.3 is 15.0 Å². The van der Waals surface area contributed by atoms with Crippen LogP contribution in [0.4, 0.5) is 0 Å². The molecule has 0 saturated heterocycles. The molecule has 0 aromatic heterocycles. The molecule has 6 heteroatoms. The molecular weight excluding hydrogens is 420 g/mol. The van der Waals surface area contributed by atoms with Crippen molar-refractivity contribution in [3.8, 4) is 5.75 Å². The largest absolute Gasteiger partial charge is 0.484 e. The van der Waals surface area contributed by atoms with Gasteiger partial charge >= 0.3 is 0 Å². The Labute approximate surface area is 175 Å². The Bertz CT molecular complexity index is 775. The molecule has 2 aromatic rings. The number of hydrogen-bond donors (Lipinski definition) is 1. The van der Waals surface area contributed by atoms with Gasteiger partial charge in [0.2, 0.25) is 5.91 Å². The van der Waals surface area contributed by atoms with Gasteiger partial charge in [0.1, 0.15) is 11.8 Å². The van der Waals surface area contributed by atoms with Gasteiger partial charge in [0, 0.05) is 17.6 Å². The standard InChI is InChI=1S/C22H27BrN2O3/c1-4-13-24-22(27)17(3)25(14-18-7-9-19(23)10-8-18)21(26)15-28-20-11-5-16(2)6-12-20/h5-12,17H,4,13-15H2,1-3H3,(H,24,27). The van der Waals surface area contributed by atoms with E-state index in [1.54, 1.807) is 11.8 Å². The van der Waals surface area contributed by atoms with Crippen LogP contribution in [-0.2, 0) is 16.1 Å². The Kier molecular flexibility index (Phi) is 8.51. The molecular formula is C22H27BrN2O3. The maximum absolute atomic E-state index is 12.9. The van der Waals surface area contributed by atoms with Crippen LogP contribution < -0.4 is 10.1 Å². The minimum atomic E-state index is -0.593. The lowest BCUT2D eigenvalue weighted by atomic mass is 10.1. The van der Waals surface area contributed by atoms with Crippen molar-refractivity contribution in [3.05, 3.63) is 64.1 Å². The number of carbonyl (C=O) groups is 2. The van der Waals surface area contributed by atoms with Crippen LogP contribution in [-0.4, -0.2) is 35.9 Å². The predicted octanol–water partition coefficient (Wildman–Crippen LogP) is 4.08. The molecule has 2 amide bonds. The molecule has 0 radical (unpaired) electrons. The van der Waals surface area contributed by atoms with Gasteiger partial charge in [-0.05, 0) is 50.1 Å². The SMILES string of the molecule is CCCNC(=O)C(C)N(Cc1ccc(Br)cc1)C(=O)COc1ccc(C)cc1. The molecule has 2 rings (SSSR count). The average molecular weight is 447 g/mol. The molecule has 5 nitrogen and oxygen atoms in total. The van der Waals surface area contributed by atoms with Crippen molar-refractivity contribution in [3.63, 3.8) is 0 Å². The summed E-state index contributed by atoms with van der Waals surface area (Å²) in [5.41, 5.74) is 2.07. The average Bonchev–Trinajstić information content (AvgIpc) is 2.70. The van der Waals surface area contributed by atoms with E-state index in [9.17, 15) is 9.59 Å². The van der Waals surface area contributed by atoms with E-state index in [4.69, 9.17) is 4.74 Å². The summed E-state index contributed by atoms with van der Waals surface area (Å²) in [5, 5.41) is 2.86. The van der Waals surface area contributed by atoms with E-state index in [1.165, 1.54) is 0 Å². The van der Waals surface area contributed by atoms with Crippen LogP contribution in [0.2, 0.25) is 0 Å². The summed E-state index contributed by atoms with van der Waals surface area (Å²) in [7, 11) is 0. The van der Waals surface area contributed by atoms with Gasteiger partial charge in [0.15, 0.2) is 6.61 Å². The van der Waals surface area contributed by atoms with Crippen LogP contribution in [0.1, 0.15) is 31.4 Å². The van der Waals surface area contributed by atoms with Gasteiger partial charge in [-0.2, -0.15) is 0 Å². The van der Waals surface area contributed by atoms with Gasteiger partial charge in [-0.1, -0.05) is 52.7 Å². The summed E-state index contributed by atoms with van der Waals surface area (Å²) in [4.78, 5) is 26.9. The number of nitrogens with zero attached hydrogens (tertiary/aromatic N) is 1. The van der Waals surface area contributed by atoms with Crippen LogP contribution in [0.3, 0.4) is 0 Å². The van der Waals surface area contributed by atoms with Crippen molar-refractivity contribution < 1.29 is 14.3 Å². The van der Waals surface area contributed by atoms with Crippen molar-refractivity contribution in [2.75, 3.05) is 13.2 Å². The van der Waals surface area contributed by atoms with E-state index in [0.717, 1.165) is 22.0 Å². The van der Waals surface area contributed by atoms with Crippen molar-refractivity contribution in [1.29, 1.82) is 0 Å². The van der Waals surface area contributed by atoms with Crippen LogP contribution >= 0.6 is 15.9 Å². The van der Waals surface area contributed by atoms with Crippen molar-refractivity contribution >= 4 is 27.7 Å². The molecule has 0 aliphatic heterocycles. The number of ether oxygens (including phenoxy) is 1. The number of halogens is 1. The lowest BCUT2D eigenvalue weighted by Gasteiger charge is -2.28. The molecule has 150 valence electrons. The number of amides is 2. The van der Waals surface area contributed by atoms with Gasteiger partial charge in [-0.3, -0.25) is 9.59 Å². The molecule has 1 N–H and O–H groups in total. The zero-order valence-electron chi connectivity index (χ0n) is 16.6. The second kappa shape index (κ2) is 10.9. The third-order valence-corrected chi connectivity index (χ3v) is 4.89. The summed E-state index contributed by atoms with van der Waals surface area (Å²) >= 11 is 3.41. The summed E-state index contributed by atoms with van der Waals surface area (Å²) < 4.78 is 6.60. The monoisotopic (exact) mass is 446 g/mol. The van der Waals surface area contributed by atoms with E-state index in [2.05, 4.69) is 21.2 Å². The number of aryl methyl sites for hydroxylation is 1. The zero-order chi connectivity index (χ0) is 20.5. The Morgan fingerprint density at radius 1 is 1.11 bits per heavy atom. The second-order valence-corrected chi connectivity index (χ2v) is 7.63. The number of rotatable bonds is 9. The lowest BCUT2D eigenvalue weighted by Crippen LogP contribution is -2.49. The summed E-state index contributed by atoms with van der Waals surface area (Å²) in [5.74, 6) is 0.232. The topological polar surface area (TPSA) is 58.6 Å². The fourth-order valence-electron chi connectivity index (χ4n) is 2.63. The third kappa shape index (κ3) is 6.68. The van der Waals surface area contributed by atoms with E-state index < -0.39 is 6.04 Å². The first-order valence-electron chi connectivity index (χ1n) is 9.41. The number of benzene rings is 2. The van der Waals surface area contributed by atoms with Gasteiger partial charge in [0.05, 0.1) is 0 Å². The molecule has 1 atom stereocenters. The van der Waals surface area contributed by atoms with Crippen LogP contribution in [0.5, 0.6) is 5.75 Å². The fraction of sp³-hybridized carbons (Fsp3) is 0.364. The summed E-state index contributed by atoms with van der Waals surface area (Å²) in [6.07, 6.45) is 0.843. The van der Waals surface area contributed by atoms with E-state index >= 15 is 0 Å². The molecule has 0 heterocycles. The zero-order valence-corrected chi connectivity index (χ0v) is 18.2. The maximum Gasteiger partial charge on any atom is 0.261 e. The molecule has 1 unspecified atom stereocenters.